The van der Waals surface area contributed by atoms with Gasteiger partial charge in [-0.1, -0.05) is 12.2 Å². The van der Waals surface area contributed by atoms with E-state index in [4.69, 9.17) is 0 Å². The van der Waals surface area contributed by atoms with Crippen LogP contribution in [0.2, 0.25) is 0 Å². The van der Waals surface area contributed by atoms with Crippen LogP contribution in [0.15, 0.2) is 17.1 Å². The maximum absolute atomic E-state index is 12.4. The lowest BCUT2D eigenvalue weighted by Crippen LogP contribution is -2.40. The molecular formula is C17H32F3IN4. The van der Waals surface area contributed by atoms with Crippen molar-refractivity contribution in [3.05, 3.63) is 12.2 Å². The van der Waals surface area contributed by atoms with Crippen molar-refractivity contribution in [3.8, 4) is 0 Å². The molecule has 0 aromatic carbocycles. The molecule has 0 aromatic heterocycles. The SMILES string of the molecule is C/C=C/CCNC(=NCCC1CCN(CC(F)(F)F)CC1)NCC.I. The zero-order chi connectivity index (χ0) is 17.8. The first-order valence-corrected chi connectivity index (χ1v) is 8.87. The summed E-state index contributed by atoms with van der Waals surface area (Å²) in [4.78, 5) is 6.07. The highest BCUT2D eigenvalue weighted by Gasteiger charge is 2.32. The second-order valence-corrected chi connectivity index (χ2v) is 6.17. The van der Waals surface area contributed by atoms with Crippen LogP contribution >= 0.6 is 24.0 Å². The summed E-state index contributed by atoms with van der Waals surface area (Å²) in [5.41, 5.74) is 0. The topological polar surface area (TPSA) is 39.7 Å². The number of rotatable bonds is 8. The normalized spacial score (nSPS) is 17.6. The molecule has 4 nitrogen and oxygen atoms in total. The van der Waals surface area contributed by atoms with Gasteiger partial charge in [0.1, 0.15) is 0 Å². The van der Waals surface area contributed by atoms with Crippen molar-refractivity contribution in [3.63, 3.8) is 0 Å². The summed E-state index contributed by atoms with van der Waals surface area (Å²) < 4.78 is 37.1. The van der Waals surface area contributed by atoms with Crippen LogP contribution in [0.3, 0.4) is 0 Å². The Hall–Kier alpha value is -0.510. The van der Waals surface area contributed by atoms with E-state index in [1.54, 1.807) is 0 Å². The number of hydrogen-bond donors (Lipinski definition) is 2. The van der Waals surface area contributed by atoms with Crippen LogP contribution in [-0.2, 0) is 0 Å². The molecule has 0 saturated carbocycles. The summed E-state index contributed by atoms with van der Waals surface area (Å²) in [5.74, 6) is 1.29. The molecule has 0 bridgehead atoms. The van der Waals surface area contributed by atoms with Crippen LogP contribution in [0.1, 0.15) is 39.5 Å². The summed E-state index contributed by atoms with van der Waals surface area (Å²) in [6.45, 7) is 6.68. The molecule has 0 atom stereocenters. The van der Waals surface area contributed by atoms with Crippen molar-refractivity contribution >= 4 is 29.9 Å². The van der Waals surface area contributed by atoms with Gasteiger partial charge >= 0.3 is 6.18 Å². The molecule has 1 rings (SSSR count). The number of aliphatic imine (C=N–C) groups is 1. The van der Waals surface area contributed by atoms with E-state index in [-0.39, 0.29) is 24.0 Å². The Bertz CT molecular complexity index is 392. The van der Waals surface area contributed by atoms with Crippen molar-refractivity contribution in [1.82, 2.24) is 15.5 Å². The number of hydrogen-bond acceptors (Lipinski definition) is 2. The standard InChI is InChI=1S/C17H31F3N4.HI/c1-3-5-6-10-22-16(21-4-2)23-11-7-15-8-12-24(13-9-15)14-17(18,19)20;/h3,5,15H,4,6-14H2,1-2H3,(H2,21,22,23);1H/b5-3+;. The fraction of sp³-hybridized carbons (Fsp3) is 0.824. The van der Waals surface area contributed by atoms with Gasteiger partial charge in [-0.2, -0.15) is 13.2 Å². The molecule has 0 unspecified atom stereocenters. The molecule has 0 amide bonds. The Morgan fingerprint density at radius 1 is 1.24 bits per heavy atom. The number of piperidine rings is 1. The van der Waals surface area contributed by atoms with Crippen LogP contribution in [0.5, 0.6) is 0 Å². The van der Waals surface area contributed by atoms with E-state index in [2.05, 4.69) is 21.7 Å². The van der Waals surface area contributed by atoms with Gasteiger partial charge in [-0.05, 0) is 58.5 Å². The molecule has 1 aliphatic heterocycles. The van der Waals surface area contributed by atoms with E-state index >= 15 is 0 Å². The number of alkyl halides is 3. The molecule has 8 heteroatoms. The maximum Gasteiger partial charge on any atom is 0.401 e. The second-order valence-electron chi connectivity index (χ2n) is 6.17. The van der Waals surface area contributed by atoms with E-state index in [1.807, 2.05) is 19.9 Å². The Balaban J connectivity index is 0.00000576. The van der Waals surface area contributed by atoms with E-state index in [1.165, 1.54) is 4.90 Å². The van der Waals surface area contributed by atoms with E-state index in [0.717, 1.165) is 44.7 Å². The molecule has 0 radical (unpaired) electrons. The average molecular weight is 476 g/mol. The molecule has 1 heterocycles. The van der Waals surface area contributed by atoms with Gasteiger partial charge in [-0.15, -0.1) is 24.0 Å². The van der Waals surface area contributed by atoms with Crippen molar-refractivity contribution in [2.24, 2.45) is 10.9 Å². The summed E-state index contributed by atoms with van der Waals surface area (Å²) in [6.07, 6.45) is 3.59. The summed E-state index contributed by atoms with van der Waals surface area (Å²) in [5, 5.41) is 6.49. The third-order valence-corrected chi connectivity index (χ3v) is 4.10. The number of nitrogens with zero attached hydrogens (tertiary/aromatic N) is 2. The smallest absolute Gasteiger partial charge is 0.357 e. The van der Waals surface area contributed by atoms with E-state index < -0.39 is 12.7 Å². The quantitative estimate of drug-likeness (QED) is 0.184. The monoisotopic (exact) mass is 476 g/mol. The summed E-state index contributed by atoms with van der Waals surface area (Å²) in [6, 6.07) is 0. The molecule has 25 heavy (non-hydrogen) atoms. The first kappa shape index (κ1) is 24.5. The minimum atomic E-state index is -4.09. The van der Waals surface area contributed by atoms with Crippen LogP contribution in [-0.4, -0.2) is 56.3 Å². The van der Waals surface area contributed by atoms with Crippen molar-refractivity contribution in [2.75, 3.05) is 39.3 Å². The number of guanidine groups is 1. The number of halogens is 4. The molecule has 1 fully saturated rings. The Morgan fingerprint density at radius 3 is 2.48 bits per heavy atom. The van der Waals surface area contributed by atoms with Crippen molar-refractivity contribution in [2.45, 2.75) is 45.7 Å². The largest absolute Gasteiger partial charge is 0.401 e. The lowest BCUT2D eigenvalue weighted by molar-refractivity contribution is -0.148. The van der Waals surface area contributed by atoms with Crippen LogP contribution in [0.25, 0.3) is 0 Å². The minimum Gasteiger partial charge on any atom is -0.357 e. The van der Waals surface area contributed by atoms with Crippen molar-refractivity contribution in [1.29, 1.82) is 0 Å². The highest BCUT2D eigenvalue weighted by atomic mass is 127. The zero-order valence-corrected chi connectivity index (χ0v) is 17.6. The fourth-order valence-corrected chi connectivity index (χ4v) is 2.83. The fourth-order valence-electron chi connectivity index (χ4n) is 2.83. The summed E-state index contributed by atoms with van der Waals surface area (Å²) >= 11 is 0. The van der Waals surface area contributed by atoms with Gasteiger partial charge in [0.05, 0.1) is 6.54 Å². The molecule has 0 spiro atoms. The highest BCUT2D eigenvalue weighted by molar-refractivity contribution is 14.0. The minimum absolute atomic E-state index is 0. The zero-order valence-electron chi connectivity index (χ0n) is 15.2. The lowest BCUT2D eigenvalue weighted by Gasteiger charge is -2.32. The highest BCUT2D eigenvalue weighted by Crippen LogP contribution is 2.24. The van der Waals surface area contributed by atoms with Gasteiger partial charge < -0.3 is 10.6 Å². The maximum atomic E-state index is 12.4. The number of likely N-dealkylation sites (tertiary alicyclic amines) is 1. The Labute approximate surface area is 166 Å². The van der Waals surface area contributed by atoms with Gasteiger partial charge in [-0.3, -0.25) is 9.89 Å². The van der Waals surface area contributed by atoms with Gasteiger partial charge in [0, 0.05) is 19.6 Å². The van der Waals surface area contributed by atoms with Gasteiger partial charge in [0.2, 0.25) is 0 Å². The van der Waals surface area contributed by atoms with E-state index in [9.17, 15) is 13.2 Å². The molecule has 2 N–H and O–H groups in total. The van der Waals surface area contributed by atoms with Gasteiger partial charge in [0.25, 0.3) is 0 Å². The molecule has 1 aliphatic rings. The molecule has 0 aliphatic carbocycles. The van der Waals surface area contributed by atoms with Crippen LogP contribution in [0.4, 0.5) is 13.2 Å². The van der Waals surface area contributed by atoms with E-state index in [0.29, 0.717) is 25.6 Å². The predicted molar refractivity (Wildman–Crippen MR) is 109 cm³/mol. The first-order valence-electron chi connectivity index (χ1n) is 8.87. The molecule has 148 valence electrons. The third-order valence-electron chi connectivity index (χ3n) is 4.10. The Morgan fingerprint density at radius 2 is 1.92 bits per heavy atom. The third kappa shape index (κ3) is 12.5. The van der Waals surface area contributed by atoms with Crippen LogP contribution in [0, 0.1) is 5.92 Å². The number of nitrogens with one attached hydrogen (secondary N) is 2. The van der Waals surface area contributed by atoms with Gasteiger partial charge in [-0.25, -0.2) is 0 Å². The first-order chi connectivity index (χ1) is 11.4. The predicted octanol–water partition coefficient (Wildman–Crippen LogP) is 3.79. The van der Waals surface area contributed by atoms with Gasteiger partial charge in [0.15, 0.2) is 5.96 Å². The molecular weight excluding hydrogens is 444 g/mol. The molecule has 1 saturated heterocycles. The number of allylic oxidation sites excluding steroid dienone is 1. The second kappa shape index (κ2) is 13.7. The molecule has 0 aromatic rings. The lowest BCUT2D eigenvalue weighted by atomic mass is 9.93. The van der Waals surface area contributed by atoms with Crippen molar-refractivity contribution < 1.29 is 13.2 Å². The Kier molecular flexibility index (Phi) is 13.4. The van der Waals surface area contributed by atoms with Crippen LogP contribution < -0.4 is 10.6 Å². The summed E-state index contributed by atoms with van der Waals surface area (Å²) in [7, 11) is 0. The average Bonchev–Trinajstić information content (AvgIpc) is 2.52.